The first-order valence-electron chi connectivity index (χ1n) is 4.15. The zero-order valence-electron chi connectivity index (χ0n) is 7.08. The van der Waals surface area contributed by atoms with Gasteiger partial charge in [0.05, 0.1) is 0 Å². The van der Waals surface area contributed by atoms with Crippen LogP contribution in [0.15, 0.2) is 0 Å². The van der Waals surface area contributed by atoms with Gasteiger partial charge in [0.1, 0.15) is 6.04 Å². The fourth-order valence-corrected chi connectivity index (χ4v) is 1.55. The quantitative estimate of drug-likeness (QED) is 0.663. The minimum Gasteiger partial charge on any atom is -0.480 e. The van der Waals surface area contributed by atoms with Crippen LogP contribution in [0.25, 0.3) is 0 Å². The molecule has 0 amide bonds. The summed E-state index contributed by atoms with van der Waals surface area (Å²) < 4.78 is 0. The number of hydrogen-bond donors (Lipinski definition) is 1. The van der Waals surface area contributed by atoms with Gasteiger partial charge in [-0.25, -0.2) is 0 Å². The molecule has 0 aliphatic carbocycles. The van der Waals surface area contributed by atoms with Crippen LogP contribution in [0, 0.1) is 0 Å². The second kappa shape index (κ2) is 3.22. The fraction of sp³-hybridized carbons (Fsp3) is 0.875. The Morgan fingerprint density at radius 3 is 2.73 bits per heavy atom. The van der Waals surface area contributed by atoms with Crippen molar-refractivity contribution in [1.29, 1.82) is 0 Å². The van der Waals surface area contributed by atoms with Gasteiger partial charge in [-0.15, -0.1) is 0 Å². The Morgan fingerprint density at radius 1 is 1.82 bits per heavy atom. The highest BCUT2D eigenvalue weighted by Crippen LogP contribution is 2.22. The summed E-state index contributed by atoms with van der Waals surface area (Å²) in [4.78, 5) is 12.6. The Morgan fingerprint density at radius 2 is 2.45 bits per heavy atom. The highest BCUT2D eigenvalue weighted by Gasteiger charge is 2.33. The Hall–Kier alpha value is -0.570. The van der Waals surface area contributed by atoms with Crippen molar-refractivity contribution in [2.75, 3.05) is 6.54 Å². The van der Waals surface area contributed by atoms with Gasteiger partial charge in [0.15, 0.2) is 0 Å². The largest absolute Gasteiger partial charge is 0.480 e. The Labute approximate surface area is 67.0 Å². The molecule has 0 radical (unpaired) electrons. The standard InChI is InChI=1S/C8H15NO2/c1-3-7-4-5-9(7)6(2)8(10)11/h6-7H,3-5H2,1-2H3,(H,10,11). The van der Waals surface area contributed by atoms with Crippen LogP contribution in [0.2, 0.25) is 0 Å². The van der Waals surface area contributed by atoms with E-state index in [2.05, 4.69) is 6.92 Å². The van der Waals surface area contributed by atoms with Gasteiger partial charge in [0.2, 0.25) is 0 Å². The molecule has 1 aliphatic rings. The minimum atomic E-state index is -0.705. The topological polar surface area (TPSA) is 40.5 Å². The summed E-state index contributed by atoms with van der Waals surface area (Å²) >= 11 is 0. The van der Waals surface area contributed by atoms with Gasteiger partial charge < -0.3 is 5.11 Å². The van der Waals surface area contributed by atoms with E-state index in [1.807, 2.05) is 4.90 Å². The zero-order valence-corrected chi connectivity index (χ0v) is 7.08. The molecule has 1 aliphatic heterocycles. The SMILES string of the molecule is CCC1CCN1C(C)C(=O)O. The van der Waals surface area contributed by atoms with E-state index in [4.69, 9.17) is 5.11 Å². The average molecular weight is 157 g/mol. The van der Waals surface area contributed by atoms with Gasteiger partial charge in [-0.3, -0.25) is 9.69 Å². The summed E-state index contributed by atoms with van der Waals surface area (Å²) in [5.74, 6) is -0.705. The summed E-state index contributed by atoms with van der Waals surface area (Å²) in [6, 6.07) is 0.217. The molecule has 1 fully saturated rings. The van der Waals surface area contributed by atoms with Crippen molar-refractivity contribution in [3.05, 3.63) is 0 Å². The van der Waals surface area contributed by atoms with Gasteiger partial charge in [0, 0.05) is 12.6 Å². The number of aliphatic carboxylic acids is 1. The molecule has 0 aromatic rings. The number of hydrogen-bond acceptors (Lipinski definition) is 2. The van der Waals surface area contributed by atoms with Crippen molar-refractivity contribution >= 4 is 5.97 Å². The second-order valence-corrected chi connectivity index (χ2v) is 3.10. The molecule has 3 nitrogen and oxygen atoms in total. The lowest BCUT2D eigenvalue weighted by Crippen LogP contribution is -2.54. The lowest BCUT2D eigenvalue weighted by atomic mass is 9.98. The molecule has 1 saturated heterocycles. The minimum absolute atomic E-state index is 0.298. The smallest absolute Gasteiger partial charge is 0.320 e. The van der Waals surface area contributed by atoms with Crippen LogP contribution in [-0.2, 0) is 4.79 Å². The molecule has 1 N–H and O–H groups in total. The number of likely N-dealkylation sites (tertiary alicyclic amines) is 1. The number of nitrogens with zero attached hydrogens (tertiary/aromatic N) is 1. The zero-order chi connectivity index (χ0) is 8.43. The summed E-state index contributed by atoms with van der Waals surface area (Å²) in [6.45, 7) is 4.81. The number of carboxylic acid groups (broad SMARTS) is 1. The van der Waals surface area contributed by atoms with Gasteiger partial charge in [-0.2, -0.15) is 0 Å². The first-order valence-corrected chi connectivity index (χ1v) is 4.15. The van der Waals surface area contributed by atoms with Crippen LogP contribution < -0.4 is 0 Å². The molecule has 1 rings (SSSR count). The third-order valence-corrected chi connectivity index (χ3v) is 2.52. The van der Waals surface area contributed by atoms with Crippen molar-refractivity contribution in [2.45, 2.75) is 38.8 Å². The molecule has 0 aromatic carbocycles. The first kappa shape index (κ1) is 8.53. The van der Waals surface area contributed by atoms with E-state index in [9.17, 15) is 4.79 Å². The van der Waals surface area contributed by atoms with Crippen LogP contribution in [-0.4, -0.2) is 34.6 Å². The highest BCUT2D eigenvalue weighted by molar-refractivity contribution is 5.73. The van der Waals surface area contributed by atoms with Crippen LogP contribution in [0.1, 0.15) is 26.7 Å². The molecule has 0 aromatic heterocycles. The lowest BCUT2D eigenvalue weighted by molar-refractivity contribution is -0.146. The fourth-order valence-electron chi connectivity index (χ4n) is 1.55. The van der Waals surface area contributed by atoms with E-state index < -0.39 is 5.97 Å². The predicted octanol–water partition coefficient (Wildman–Crippen LogP) is 0.944. The van der Waals surface area contributed by atoms with E-state index in [0.717, 1.165) is 19.4 Å². The Balaban J connectivity index is 2.41. The van der Waals surface area contributed by atoms with Crippen LogP contribution >= 0.6 is 0 Å². The first-order chi connectivity index (χ1) is 5.16. The summed E-state index contributed by atoms with van der Waals surface area (Å²) in [7, 11) is 0. The Bertz CT molecular complexity index is 156. The van der Waals surface area contributed by atoms with E-state index in [1.54, 1.807) is 6.92 Å². The maximum atomic E-state index is 10.6. The van der Waals surface area contributed by atoms with Crippen molar-refractivity contribution in [2.24, 2.45) is 0 Å². The molecular weight excluding hydrogens is 142 g/mol. The average Bonchev–Trinajstić information content (AvgIpc) is 1.86. The van der Waals surface area contributed by atoms with E-state index >= 15 is 0 Å². The third kappa shape index (κ3) is 1.53. The van der Waals surface area contributed by atoms with Crippen LogP contribution in [0.3, 0.4) is 0 Å². The lowest BCUT2D eigenvalue weighted by Gasteiger charge is -2.43. The van der Waals surface area contributed by atoms with Crippen molar-refractivity contribution in [3.8, 4) is 0 Å². The third-order valence-electron chi connectivity index (χ3n) is 2.52. The van der Waals surface area contributed by atoms with Crippen molar-refractivity contribution in [3.63, 3.8) is 0 Å². The molecular formula is C8H15NO2. The number of carboxylic acids is 1. The summed E-state index contributed by atoms with van der Waals surface area (Å²) in [6.07, 6.45) is 2.23. The molecule has 1 heterocycles. The maximum absolute atomic E-state index is 10.6. The second-order valence-electron chi connectivity index (χ2n) is 3.10. The molecule has 0 spiro atoms. The molecule has 3 heteroatoms. The van der Waals surface area contributed by atoms with Crippen molar-refractivity contribution in [1.82, 2.24) is 4.90 Å². The summed E-state index contributed by atoms with van der Waals surface area (Å²) in [5.41, 5.74) is 0. The number of carbonyl (C=O) groups is 1. The normalized spacial score (nSPS) is 27.6. The van der Waals surface area contributed by atoms with Crippen LogP contribution in [0.5, 0.6) is 0 Å². The van der Waals surface area contributed by atoms with Gasteiger partial charge in [0.25, 0.3) is 0 Å². The van der Waals surface area contributed by atoms with Gasteiger partial charge >= 0.3 is 5.97 Å². The van der Waals surface area contributed by atoms with E-state index in [1.165, 1.54) is 0 Å². The maximum Gasteiger partial charge on any atom is 0.320 e. The number of rotatable bonds is 3. The molecule has 11 heavy (non-hydrogen) atoms. The molecule has 0 saturated carbocycles. The van der Waals surface area contributed by atoms with Crippen molar-refractivity contribution < 1.29 is 9.90 Å². The predicted molar refractivity (Wildman–Crippen MR) is 42.5 cm³/mol. The van der Waals surface area contributed by atoms with Gasteiger partial charge in [-0.1, -0.05) is 6.92 Å². The summed E-state index contributed by atoms with van der Waals surface area (Å²) in [5, 5.41) is 8.69. The van der Waals surface area contributed by atoms with E-state index in [-0.39, 0.29) is 6.04 Å². The van der Waals surface area contributed by atoms with Crippen LogP contribution in [0.4, 0.5) is 0 Å². The Kier molecular flexibility index (Phi) is 2.49. The highest BCUT2D eigenvalue weighted by atomic mass is 16.4. The molecule has 64 valence electrons. The monoisotopic (exact) mass is 157 g/mol. The molecule has 2 atom stereocenters. The molecule has 0 bridgehead atoms. The molecule has 2 unspecified atom stereocenters. The van der Waals surface area contributed by atoms with Gasteiger partial charge in [-0.05, 0) is 19.8 Å². The van der Waals surface area contributed by atoms with E-state index in [0.29, 0.717) is 6.04 Å².